The molecule has 4 rings (SSSR count). The van der Waals surface area contributed by atoms with Crippen LogP contribution in [0.2, 0.25) is 0 Å². The summed E-state index contributed by atoms with van der Waals surface area (Å²) in [7, 11) is -4.38. The maximum atomic E-state index is 13.8. The standard InChI is InChI=1S/C30H31N3O5S/c1-24-16-18-27(19-17-24)32(39(37,38)30-15-9-8-14-29(30)33(35)36)23-28(34)22-31(20-25-10-4-2-5-11-25)21-26-12-6-3-7-13-26/h2-19,28,34H,20-23H2,1H3/t28-/m0/s1. The van der Waals surface area contributed by atoms with Crippen molar-refractivity contribution in [1.29, 1.82) is 0 Å². The minimum Gasteiger partial charge on any atom is -0.390 e. The second kappa shape index (κ2) is 12.7. The molecule has 0 fully saturated rings. The fourth-order valence-corrected chi connectivity index (χ4v) is 6.08. The van der Waals surface area contributed by atoms with Crippen molar-refractivity contribution in [3.8, 4) is 0 Å². The van der Waals surface area contributed by atoms with Crippen LogP contribution < -0.4 is 4.31 Å². The van der Waals surface area contributed by atoms with Crippen LogP contribution in [0.1, 0.15) is 16.7 Å². The lowest BCUT2D eigenvalue weighted by atomic mass is 10.1. The number of nitrogens with zero attached hydrogens (tertiary/aromatic N) is 3. The van der Waals surface area contributed by atoms with Gasteiger partial charge in [0.15, 0.2) is 4.90 Å². The summed E-state index contributed by atoms with van der Waals surface area (Å²) >= 11 is 0. The van der Waals surface area contributed by atoms with Crippen LogP contribution in [0.3, 0.4) is 0 Å². The van der Waals surface area contributed by atoms with E-state index in [1.165, 1.54) is 18.2 Å². The first-order valence-electron chi connectivity index (χ1n) is 12.5. The van der Waals surface area contributed by atoms with Crippen LogP contribution in [-0.4, -0.2) is 42.5 Å². The van der Waals surface area contributed by atoms with Crippen LogP contribution in [0.25, 0.3) is 0 Å². The van der Waals surface area contributed by atoms with Gasteiger partial charge in [0.1, 0.15) is 0 Å². The molecular formula is C30H31N3O5S. The number of benzene rings is 4. The second-order valence-electron chi connectivity index (χ2n) is 9.39. The van der Waals surface area contributed by atoms with E-state index >= 15 is 0 Å². The van der Waals surface area contributed by atoms with Crippen molar-refractivity contribution in [2.45, 2.75) is 31.0 Å². The second-order valence-corrected chi connectivity index (χ2v) is 11.2. The van der Waals surface area contributed by atoms with Gasteiger partial charge >= 0.3 is 0 Å². The monoisotopic (exact) mass is 545 g/mol. The summed E-state index contributed by atoms with van der Waals surface area (Å²) in [5.74, 6) is 0. The Bertz CT molecular complexity index is 1440. The van der Waals surface area contributed by atoms with Crippen molar-refractivity contribution in [1.82, 2.24) is 4.90 Å². The van der Waals surface area contributed by atoms with Gasteiger partial charge in [-0.3, -0.25) is 19.3 Å². The van der Waals surface area contributed by atoms with Crippen LogP contribution >= 0.6 is 0 Å². The fourth-order valence-electron chi connectivity index (χ4n) is 4.41. The van der Waals surface area contributed by atoms with Crippen LogP contribution in [0.15, 0.2) is 114 Å². The molecule has 4 aromatic carbocycles. The molecule has 0 aliphatic carbocycles. The molecule has 0 aliphatic heterocycles. The number of rotatable bonds is 12. The van der Waals surface area contributed by atoms with Crippen LogP contribution in [0.5, 0.6) is 0 Å². The summed E-state index contributed by atoms with van der Waals surface area (Å²) in [5.41, 5.74) is 2.85. The van der Waals surface area contributed by atoms with Gasteiger partial charge in [-0.2, -0.15) is 0 Å². The zero-order chi connectivity index (χ0) is 27.8. The number of nitro benzene ring substituents is 1. The van der Waals surface area contributed by atoms with Gasteiger partial charge in [0, 0.05) is 25.7 Å². The molecule has 0 heterocycles. The summed E-state index contributed by atoms with van der Waals surface area (Å²) < 4.78 is 28.7. The van der Waals surface area contributed by atoms with Gasteiger partial charge in [0.2, 0.25) is 0 Å². The molecule has 0 spiro atoms. The van der Waals surface area contributed by atoms with Crippen molar-refractivity contribution in [2.24, 2.45) is 0 Å². The van der Waals surface area contributed by atoms with Crippen molar-refractivity contribution < 1.29 is 18.4 Å². The average molecular weight is 546 g/mol. The van der Waals surface area contributed by atoms with E-state index in [4.69, 9.17) is 0 Å². The van der Waals surface area contributed by atoms with Gasteiger partial charge in [-0.15, -0.1) is 0 Å². The fraction of sp³-hybridized carbons (Fsp3) is 0.200. The Labute approximate surface area is 229 Å². The van der Waals surface area contributed by atoms with E-state index in [-0.39, 0.29) is 13.1 Å². The van der Waals surface area contributed by atoms with E-state index in [0.29, 0.717) is 18.8 Å². The zero-order valence-corrected chi connectivity index (χ0v) is 22.4. The van der Waals surface area contributed by atoms with E-state index < -0.39 is 31.6 Å². The maximum absolute atomic E-state index is 13.8. The van der Waals surface area contributed by atoms with Crippen molar-refractivity contribution in [2.75, 3.05) is 17.4 Å². The number of para-hydroxylation sites is 1. The van der Waals surface area contributed by atoms with Crippen molar-refractivity contribution >= 4 is 21.4 Å². The van der Waals surface area contributed by atoms with E-state index in [1.54, 1.807) is 24.3 Å². The molecule has 0 aliphatic rings. The predicted octanol–water partition coefficient (Wildman–Crippen LogP) is 5.16. The summed E-state index contributed by atoms with van der Waals surface area (Å²) in [4.78, 5) is 12.6. The first-order valence-corrected chi connectivity index (χ1v) is 14.0. The normalized spacial score (nSPS) is 12.3. The summed E-state index contributed by atoms with van der Waals surface area (Å²) in [5, 5.41) is 22.9. The number of aliphatic hydroxyl groups excluding tert-OH is 1. The Kier molecular flexibility index (Phi) is 9.08. The van der Waals surface area contributed by atoms with E-state index in [1.807, 2.05) is 67.6 Å². The Balaban J connectivity index is 1.64. The Morgan fingerprint density at radius 1 is 0.769 bits per heavy atom. The molecule has 0 bridgehead atoms. The van der Waals surface area contributed by atoms with Crippen molar-refractivity contribution in [3.63, 3.8) is 0 Å². The highest BCUT2D eigenvalue weighted by Crippen LogP contribution is 2.30. The number of aliphatic hydroxyl groups is 1. The minimum atomic E-state index is -4.38. The topological polar surface area (TPSA) is 104 Å². The molecule has 0 aromatic heterocycles. The van der Waals surface area contributed by atoms with Crippen LogP contribution in [0, 0.1) is 17.0 Å². The highest BCUT2D eigenvalue weighted by molar-refractivity contribution is 7.93. The quantitative estimate of drug-likeness (QED) is 0.195. The third-order valence-corrected chi connectivity index (χ3v) is 8.14. The molecule has 8 nitrogen and oxygen atoms in total. The van der Waals surface area contributed by atoms with E-state index in [9.17, 15) is 23.6 Å². The SMILES string of the molecule is Cc1ccc(N(C[C@@H](O)CN(Cc2ccccc2)Cc2ccccc2)S(=O)(=O)c2ccccc2[N+](=O)[O-])cc1. The minimum absolute atomic E-state index is 0.179. The molecule has 1 atom stereocenters. The Hall–Kier alpha value is -4.05. The summed E-state index contributed by atoms with van der Waals surface area (Å²) in [6, 6.07) is 31.7. The molecule has 1 N–H and O–H groups in total. The maximum Gasteiger partial charge on any atom is 0.289 e. The van der Waals surface area contributed by atoms with Crippen LogP contribution in [0.4, 0.5) is 11.4 Å². The molecule has 0 saturated heterocycles. The summed E-state index contributed by atoms with van der Waals surface area (Å²) in [6.07, 6.45) is -1.09. The van der Waals surface area contributed by atoms with Gasteiger partial charge in [-0.05, 0) is 36.2 Å². The molecule has 0 unspecified atom stereocenters. The number of nitro groups is 1. The molecule has 39 heavy (non-hydrogen) atoms. The Morgan fingerprint density at radius 3 is 1.82 bits per heavy atom. The van der Waals surface area contributed by atoms with Gasteiger partial charge < -0.3 is 5.11 Å². The average Bonchev–Trinajstić information content (AvgIpc) is 2.93. The number of sulfonamides is 1. The molecule has 0 saturated carbocycles. The van der Waals surface area contributed by atoms with Crippen LogP contribution in [-0.2, 0) is 23.1 Å². The van der Waals surface area contributed by atoms with Gasteiger partial charge in [0.25, 0.3) is 15.7 Å². The molecule has 0 radical (unpaired) electrons. The first kappa shape index (κ1) is 28.0. The number of anilines is 1. The summed E-state index contributed by atoms with van der Waals surface area (Å²) in [6.45, 7) is 2.88. The molecule has 9 heteroatoms. The predicted molar refractivity (Wildman–Crippen MR) is 152 cm³/mol. The third-order valence-electron chi connectivity index (χ3n) is 6.30. The first-order chi connectivity index (χ1) is 18.7. The Morgan fingerprint density at radius 2 is 1.28 bits per heavy atom. The number of hydrogen-bond donors (Lipinski definition) is 1. The molecule has 4 aromatic rings. The van der Waals surface area contributed by atoms with Gasteiger partial charge in [-0.1, -0.05) is 90.5 Å². The highest BCUT2D eigenvalue weighted by Gasteiger charge is 2.33. The number of aryl methyl sites for hydroxylation is 1. The lowest BCUT2D eigenvalue weighted by molar-refractivity contribution is -0.387. The highest BCUT2D eigenvalue weighted by atomic mass is 32.2. The smallest absolute Gasteiger partial charge is 0.289 e. The molecular weight excluding hydrogens is 514 g/mol. The van der Waals surface area contributed by atoms with Gasteiger partial charge in [-0.25, -0.2) is 8.42 Å². The third kappa shape index (κ3) is 7.29. The van der Waals surface area contributed by atoms with Gasteiger partial charge in [0.05, 0.1) is 23.3 Å². The molecule has 0 amide bonds. The zero-order valence-electron chi connectivity index (χ0n) is 21.6. The number of hydrogen-bond acceptors (Lipinski definition) is 6. The van der Waals surface area contributed by atoms with E-state index in [0.717, 1.165) is 27.1 Å². The largest absolute Gasteiger partial charge is 0.390 e. The van der Waals surface area contributed by atoms with Crippen molar-refractivity contribution in [3.05, 3.63) is 136 Å². The van der Waals surface area contributed by atoms with E-state index in [2.05, 4.69) is 4.90 Å². The lowest BCUT2D eigenvalue weighted by Gasteiger charge is -2.30. The lowest BCUT2D eigenvalue weighted by Crippen LogP contribution is -2.42. The molecule has 202 valence electrons.